The van der Waals surface area contributed by atoms with Gasteiger partial charge in [0.15, 0.2) is 0 Å². The molecular weight excluding hydrogens is 478 g/mol. The van der Waals surface area contributed by atoms with Crippen molar-refractivity contribution in [2.75, 3.05) is 9.80 Å². The fraction of sp³-hybridized carbons (Fsp3) is 0.0571. The average Bonchev–Trinajstić information content (AvgIpc) is 3.33. The van der Waals surface area contributed by atoms with Gasteiger partial charge in [0, 0.05) is 39.7 Å². The smallest absolute Gasteiger partial charge is 0.141 e. The van der Waals surface area contributed by atoms with Gasteiger partial charge in [-0.1, -0.05) is 78.0 Å². The number of hydrogen-bond donors (Lipinski definition) is 0. The first-order chi connectivity index (χ1) is 19.2. The number of anilines is 6. The highest BCUT2D eigenvalue weighted by Gasteiger charge is 2.21. The summed E-state index contributed by atoms with van der Waals surface area (Å²) in [5, 5.41) is 4.27. The van der Waals surface area contributed by atoms with Gasteiger partial charge in [-0.05, 0) is 86.1 Å². The van der Waals surface area contributed by atoms with E-state index in [0.717, 1.165) is 56.7 Å². The Hall–Kier alpha value is -5.09. The van der Waals surface area contributed by atoms with Gasteiger partial charge in [0.1, 0.15) is 5.76 Å². The van der Waals surface area contributed by atoms with Crippen LogP contribution in [0.3, 0.4) is 0 Å². The molecule has 4 heteroatoms. The summed E-state index contributed by atoms with van der Waals surface area (Å²) in [7, 11) is 0. The highest BCUT2D eigenvalue weighted by molar-refractivity contribution is 5.87. The molecule has 0 aliphatic rings. The van der Waals surface area contributed by atoms with Crippen molar-refractivity contribution in [3.63, 3.8) is 0 Å². The van der Waals surface area contributed by atoms with Gasteiger partial charge in [0.2, 0.25) is 0 Å². The minimum atomic E-state index is 0.799. The fourth-order valence-electron chi connectivity index (χ4n) is 5.10. The van der Waals surface area contributed by atoms with Gasteiger partial charge in [-0.15, -0.1) is 0 Å². The molecule has 0 spiro atoms. The van der Waals surface area contributed by atoms with Crippen molar-refractivity contribution in [2.24, 2.45) is 0 Å². The van der Waals surface area contributed by atoms with Crippen LogP contribution in [0.5, 0.6) is 0 Å². The van der Waals surface area contributed by atoms with Gasteiger partial charge in [-0.3, -0.25) is 0 Å². The van der Waals surface area contributed by atoms with E-state index in [9.17, 15) is 0 Å². The molecule has 6 aromatic rings. The predicted octanol–water partition coefficient (Wildman–Crippen LogP) is 9.90. The molecule has 0 amide bonds. The van der Waals surface area contributed by atoms with Gasteiger partial charge < -0.3 is 14.3 Å². The number of nitrogens with zero attached hydrogens (tertiary/aromatic N) is 3. The first-order valence-electron chi connectivity index (χ1n) is 13.1. The van der Waals surface area contributed by atoms with E-state index in [1.807, 2.05) is 38.1 Å². The van der Waals surface area contributed by atoms with Crippen LogP contribution in [0.15, 0.2) is 144 Å². The maximum absolute atomic E-state index is 5.61. The molecule has 4 nitrogen and oxygen atoms in total. The maximum atomic E-state index is 5.61. The summed E-state index contributed by atoms with van der Waals surface area (Å²) in [6.07, 6.45) is 0. The summed E-state index contributed by atoms with van der Waals surface area (Å²) >= 11 is 0. The summed E-state index contributed by atoms with van der Waals surface area (Å²) in [5.41, 5.74) is 9.33. The van der Waals surface area contributed by atoms with Crippen LogP contribution in [0.2, 0.25) is 0 Å². The lowest BCUT2D eigenvalue weighted by Crippen LogP contribution is -2.13. The third-order valence-electron chi connectivity index (χ3n) is 6.80. The van der Waals surface area contributed by atoms with Crippen LogP contribution in [0.25, 0.3) is 11.1 Å². The van der Waals surface area contributed by atoms with Gasteiger partial charge >= 0.3 is 0 Å². The summed E-state index contributed by atoms with van der Waals surface area (Å²) in [4.78, 5) is 4.58. The Kier molecular flexibility index (Phi) is 6.67. The molecule has 0 N–H and O–H groups in total. The van der Waals surface area contributed by atoms with Crippen molar-refractivity contribution in [1.82, 2.24) is 5.16 Å². The standard InChI is InChI=1S/C35H29N3O/c1-26-35(27(2)39-36-26)28-23-33(37(29-15-7-3-8-16-29)30-17-9-4-10-18-30)25-34(24-28)38(31-19-11-5-12-20-31)32-21-13-6-14-22-32/h3-25H,1-2H3. The molecule has 190 valence electrons. The number of hydrogen-bond acceptors (Lipinski definition) is 4. The first kappa shape index (κ1) is 24.3. The minimum Gasteiger partial charge on any atom is -0.361 e. The number of rotatable bonds is 7. The van der Waals surface area contributed by atoms with E-state index in [-0.39, 0.29) is 0 Å². The largest absolute Gasteiger partial charge is 0.361 e. The van der Waals surface area contributed by atoms with E-state index in [4.69, 9.17) is 4.52 Å². The second-order valence-corrected chi connectivity index (χ2v) is 9.45. The number of aromatic nitrogens is 1. The normalized spacial score (nSPS) is 10.8. The minimum absolute atomic E-state index is 0.799. The molecule has 1 aromatic heterocycles. The van der Waals surface area contributed by atoms with E-state index < -0.39 is 0 Å². The van der Waals surface area contributed by atoms with E-state index in [1.54, 1.807) is 0 Å². The topological polar surface area (TPSA) is 32.5 Å². The van der Waals surface area contributed by atoms with E-state index >= 15 is 0 Å². The van der Waals surface area contributed by atoms with E-state index in [2.05, 4.69) is 130 Å². The lowest BCUT2D eigenvalue weighted by molar-refractivity contribution is 0.393. The van der Waals surface area contributed by atoms with E-state index in [0.29, 0.717) is 0 Å². The molecule has 1 heterocycles. The van der Waals surface area contributed by atoms with Crippen molar-refractivity contribution in [2.45, 2.75) is 13.8 Å². The molecule has 0 unspecified atom stereocenters. The second kappa shape index (κ2) is 10.7. The summed E-state index contributed by atoms with van der Waals surface area (Å²) < 4.78 is 5.61. The number of para-hydroxylation sites is 4. The van der Waals surface area contributed by atoms with Crippen molar-refractivity contribution in [1.29, 1.82) is 0 Å². The van der Waals surface area contributed by atoms with Crippen LogP contribution in [-0.2, 0) is 0 Å². The van der Waals surface area contributed by atoms with E-state index in [1.165, 1.54) is 0 Å². The first-order valence-corrected chi connectivity index (χ1v) is 13.1. The van der Waals surface area contributed by atoms with Crippen molar-refractivity contribution in [3.8, 4) is 11.1 Å². The zero-order valence-electron chi connectivity index (χ0n) is 22.0. The SMILES string of the molecule is Cc1noc(C)c1-c1cc(N(c2ccccc2)c2ccccc2)cc(N(c2ccccc2)c2ccccc2)c1. The highest BCUT2D eigenvalue weighted by atomic mass is 16.5. The lowest BCUT2D eigenvalue weighted by Gasteiger charge is -2.30. The molecule has 0 bridgehead atoms. The zero-order valence-corrected chi connectivity index (χ0v) is 22.0. The Morgan fingerprint density at radius 2 is 0.821 bits per heavy atom. The molecule has 0 aliphatic carbocycles. The molecule has 39 heavy (non-hydrogen) atoms. The van der Waals surface area contributed by atoms with Crippen molar-refractivity contribution < 1.29 is 4.52 Å². The summed E-state index contributed by atoms with van der Waals surface area (Å²) in [6, 6.07) is 48.6. The third kappa shape index (κ3) is 4.92. The van der Waals surface area contributed by atoms with Crippen LogP contribution in [0.4, 0.5) is 34.1 Å². The van der Waals surface area contributed by atoms with Gasteiger partial charge in [-0.2, -0.15) is 0 Å². The number of aryl methyl sites for hydroxylation is 2. The maximum Gasteiger partial charge on any atom is 0.141 e. The Morgan fingerprint density at radius 3 is 1.13 bits per heavy atom. The molecule has 0 saturated carbocycles. The molecule has 0 radical (unpaired) electrons. The Labute approximate surface area is 229 Å². The van der Waals surface area contributed by atoms with Crippen LogP contribution in [0, 0.1) is 13.8 Å². The molecule has 0 atom stereocenters. The summed E-state index contributed by atoms with van der Waals surface area (Å²) in [6.45, 7) is 3.97. The van der Waals surface area contributed by atoms with Gasteiger partial charge in [0.05, 0.1) is 5.69 Å². The van der Waals surface area contributed by atoms with Gasteiger partial charge in [-0.25, -0.2) is 0 Å². The lowest BCUT2D eigenvalue weighted by atomic mass is 10.0. The molecule has 0 fully saturated rings. The molecule has 0 saturated heterocycles. The van der Waals surface area contributed by atoms with Crippen molar-refractivity contribution >= 4 is 34.1 Å². The van der Waals surface area contributed by atoms with Crippen molar-refractivity contribution in [3.05, 3.63) is 151 Å². The number of benzene rings is 5. The molecule has 5 aromatic carbocycles. The van der Waals surface area contributed by atoms with Crippen LogP contribution < -0.4 is 9.80 Å². The second-order valence-electron chi connectivity index (χ2n) is 9.45. The van der Waals surface area contributed by atoms with Gasteiger partial charge in [0.25, 0.3) is 0 Å². The fourth-order valence-corrected chi connectivity index (χ4v) is 5.10. The Morgan fingerprint density at radius 1 is 0.462 bits per heavy atom. The monoisotopic (exact) mass is 507 g/mol. The molecular formula is C35H29N3O. The quantitative estimate of drug-likeness (QED) is 0.215. The van der Waals surface area contributed by atoms with Crippen LogP contribution in [0.1, 0.15) is 11.5 Å². The average molecular weight is 508 g/mol. The Balaban J connectivity index is 1.64. The highest BCUT2D eigenvalue weighted by Crippen LogP contribution is 2.43. The molecule has 6 rings (SSSR count). The predicted molar refractivity (Wildman–Crippen MR) is 161 cm³/mol. The third-order valence-corrected chi connectivity index (χ3v) is 6.80. The summed E-state index contributed by atoms with van der Waals surface area (Å²) in [5.74, 6) is 0.799. The Bertz CT molecular complexity index is 1460. The zero-order chi connectivity index (χ0) is 26.6. The van der Waals surface area contributed by atoms with Crippen LogP contribution >= 0.6 is 0 Å². The molecule has 0 aliphatic heterocycles. The van der Waals surface area contributed by atoms with Crippen LogP contribution in [-0.4, -0.2) is 5.16 Å².